The van der Waals surface area contributed by atoms with Crippen LogP contribution in [0.25, 0.3) is 11.1 Å². The number of nitrogens with one attached hydrogen (secondary N) is 1. The minimum atomic E-state index is -1.02. The van der Waals surface area contributed by atoms with Crippen LogP contribution in [0.2, 0.25) is 0 Å². The number of aryl methyl sites for hydroxylation is 1. The average molecular weight is 538 g/mol. The second kappa shape index (κ2) is 13.8. The first-order valence-corrected chi connectivity index (χ1v) is 14.7. The molecule has 0 aliphatic heterocycles. The van der Waals surface area contributed by atoms with Crippen LogP contribution in [-0.4, -0.2) is 35.0 Å². The molecule has 0 radical (unpaired) electrons. The zero-order valence-electron chi connectivity index (χ0n) is 22.5. The molecule has 4 rings (SSSR count). The van der Waals surface area contributed by atoms with E-state index in [1.54, 1.807) is 11.8 Å². The van der Waals surface area contributed by atoms with Crippen molar-refractivity contribution in [1.29, 1.82) is 0 Å². The summed E-state index contributed by atoms with van der Waals surface area (Å²) in [6, 6.07) is 34.1. The van der Waals surface area contributed by atoms with Crippen molar-refractivity contribution in [3.8, 4) is 11.1 Å². The number of hydrogen-bond acceptors (Lipinski definition) is 3. The van der Waals surface area contributed by atoms with Crippen LogP contribution in [0.5, 0.6) is 0 Å². The maximum atomic E-state index is 13.4. The zero-order chi connectivity index (χ0) is 27.6. The molecule has 2 N–H and O–H groups in total. The molecule has 1 unspecified atom stereocenters. The van der Waals surface area contributed by atoms with Crippen LogP contribution in [0.15, 0.2) is 103 Å². The van der Waals surface area contributed by atoms with Crippen molar-refractivity contribution < 1.29 is 14.7 Å². The highest BCUT2D eigenvalue weighted by atomic mass is 32.2. The Morgan fingerprint density at radius 1 is 0.795 bits per heavy atom. The Morgan fingerprint density at radius 2 is 1.44 bits per heavy atom. The lowest BCUT2D eigenvalue weighted by Gasteiger charge is -2.20. The van der Waals surface area contributed by atoms with Crippen molar-refractivity contribution in [3.05, 3.63) is 131 Å². The summed E-state index contributed by atoms with van der Waals surface area (Å²) in [6.45, 7) is 2.03. The number of rotatable bonds is 12. The zero-order valence-corrected chi connectivity index (χ0v) is 23.3. The summed E-state index contributed by atoms with van der Waals surface area (Å²) in [5.74, 6) is -0.459. The molecule has 4 nitrogen and oxygen atoms in total. The first kappa shape index (κ1) is 28.2. The van der Waals surface area contributed by atoms with Crippen LogP contribution in [0, 0.1) is 6.92 Å². The maximum absolute atomic E-state index is 13.4. The molecule has 0 aliphatic rings. The highest BCUT2D eigenvalue weighted by molar-refractivity contribution is 7.98. The van der Waals surface area contributed by atoms with Gasteiger partial charge in [-0.25, -0.2) is 4.79 Å². The molecule has 0 heterocycles. The first-order valence-electron chi connectivity index (χ1n) is 13.3. The molecule has 4 aromatic rings. The van der Waals surface area contributed by atoms with Gasteiger partial charge in [0.25, 0.3) is 5.91 Å². The van der Waals surface area contributed by atoms with Crippen LogP contribution < -0.4 is 5.32 Å². The third-order valence-electron chi connectivity index (χ3n) is 7.06. The molecule has 0 fully saturated rings. The highest BCUT2D eigenvalue weighted by Crippen LogP contribution is 2.31. The van der Waals surface area contributed by atoms with E-state index >= 15 is 0 Å². The molecule has 0 spiro atoms. The smallest absolute Gasteiger partial charge is 0.326 e. The summed E-state index contributed by atoms with van der Waals surface area (Å²) in [5.41, 5.74) is 7.04. The minimum Gasteiger partial charge on any atom is -0.480 e. The molecule has 2 atom stereocenters. The number of carbonyl (C=O) groups excluding carboxylic acids is 1. The molecular formula is C34H35NO3S. The van der Waals surface area contributed by atoms with Gasteiger partial charge in [-0.3, -0.25) is 4.79 Å². The largest absolute Gasteiger partial charge is 0.480 e. The van der Waals surface area contributed by atoms with Gasteiger partial charge in [-0.05, 0) is 83.6 Å². The van der Waals surface area contributed by atoms with Crippen LogP contribution in [-0.2, 0) is 17.6 Å². The summed E-state index contributed by atoms with van der Waals surface area (Å²) < 4.78 is 0. The number of hydrogen-bond donors (Lipinski definition) is 2. The number of amides is 1. The minimum absolute atomic E-state index is 0.265. The highest BCUT2D eigenvalue weighted by Gasteiger charge is 2.23. The van der Waals surface area contributed by atoms with Crippen LogP contribution in [0.3, 0.4) is 0 Å². The van der Waals surface area contributed by atoms with Crippen LogP contribution in [0.1, 0.15) is 45.0 Å². The number of benzene rings is 4. The molecule has 0 saturated heterocycles. The first-order chi connectivity index (χ1) is 19.0. The van der Waals surface area contributed by atoms with Crippen molar-refractivity contribution >= 4 is 23.6 Å². The topological polar surface area (TPSA) is 66.4 Å². The van der Waals surface area contributed by atoms with Crippen molar-refractivity contribution in [1.82, 2.24) is 5.32 Å². The van der Waals surface area contributed by atoms with E-state index < -0.39 is 12.0 Å². The number of carboxylic acids is 1. The molecule has 5 heteroatoms. The fraction of sp³-hybridized carbons (Fsp3) is 0.235. The Morgan fingerprint density at radius 3 is 2.10 bits per heavy atom. The van der Waals surface area contributed by atoms with Gasteiger partial charge in [0.15, 0.2) is 0 Å². The fourth-order valence-corrected chi connectivity index (χ4v) is 5.43. The van der Waals surface area contributed by atoms with Crippen molar-refractivity contribution in [3.63, 3.8) is 0 Å². The fourth-order valence-electron chi connectivity index (χ4n) is 4.96. The van der Waals surface area contributed by atoms with E-state index in [-0.39, 0.29) is 11.8 Å². The van der Waals surface area contributed by atoms with Gasteiger partial charge in [0, 0.05) is 5.56 Å². The molecule has 0 saturated carbocycles. The van der Waals surface area contributed by atoms with E-state index in [0.717, 1.165) is 35.1 Å². The molecule has 0 aliphatic carbocycles. The van der Waals surface area contributed by atoms with Crippen LogP contribution in [0.4, 0.5) is 0 Å². The molecule has 4 aromatic carbocycles. The van der Waals surface area contributed by atoms with Gasteiger partial charge in [-0.1, -0.05) is 97.1 Å². The summed E-state index contributed by atoms with van der Waals surface area (Å²) in [5, 5.41) is 12.4. The third-order valence-corrected chi connectivity index (χ3v) is 7.70. The molecule has 0 bridgehead atoms. The van der Waals surface area contributed by atoms with Gasteiger partial charge in [0.05, 0.1) is 0 Å². The second-order valence-electron chi connectivity index (χ2n) is 9.84. The van der Waals surface area contributed by atoms with E-state index in [0.29, 0.717) is 17.7 Å². The Bertz CT molecular complexity index is 1390. The SMILES string of the molecule is CSCC[C@H](NC(=O)c1ccc(CC(Cc2ccccc2)c2ccccc2)cc1-c1ccccc1C)C(=O)O. The lowest BCUT2D eigenvalue weighted by Crippen LogP contribution is -2.41. The molecule has 0 aromatic heterocycles. The third kappa shape index (κ3) is 7.61. The van der Waals surface area contributed by atoms with Gasteiger partial charge in [-0.15, -0.1) is 0 Å². The molecular weight excluding hydrogens is 502 g/mol. The number of carbonyl (C=O) groups is 2. The summed E-state index contributed by atoms with van der Waals surface area (Å²) >= 11 is 1.56. The van der Waals surface area contributed by atoms with Gasteiger partial charge in [0.1, 0.15) is 6.04 Å². The predicted molar refractivity (Wildman–Crippen MR) is 162 cm³/mol. The monoisotopic (exact) mass is 537 g/mol. The lowest BCUT2D eigenvalue weighted by atomic mass is 9.85. The van der Waals surface area contributed by atoms with Crippen molar-refractivity contribution in [2.45, 2.75) is 38.1 Å². The van der Waals surface area contributed by atoms with Crippen molar-refractivity contribution in [2.75, 3.05) is 12.0 Å². The maximum Gasteiger partial charge on any atom is 0.326 e. The standard InChI is InChI=1S/C34H35NO3S/c1-24-11-9-10-16-29(24)31-23-26(17-18-30(31)33(36)35-32(34(37)38)19-20-39-2)22-28(27-14-7-4-8-15-27)21-25-12-5-3-6-13-25/h3-18,23,28,32H,19-22H2,1-2H3,(H,35,36)(H,37,38)/t28?,32-/m0/s1. The Labute approximate surface area is 235 Å². The number of thioether (sulfide) groups is 1. The Hall–Kier alpha value is -3.83. The van der Waals surface area contributed by atoms with E-state index in [2.05, 4.69) is 59.9 Å². The van der Waals surface area contributed by atoms with Gasteiger partial charge in [-0.2, -0.15) is 11.8 Å². The van der Waals surface area contributed by atoms with Gasteiger partial charge < -0.3 is 10.4 Å². The van der Waals surface area contributed by atoms with E-state index in [1.165, 1.54) is 11.1 Å². The normalized spacial score (nSPS) is 12.5. The Kier molecular flexibility index (Phi) is 9.98. The summed E-state index contributed by atoms with van der Waals surface area (Å²) in [7, 11) is 0. The quantitative estimate of drug-likeness (QED) is 0.201. The van der Waals surface area contributed by atoms with E-state index in [9.17, 15) is 14.7 Å². The average Bonchev–Trinajstić information content (AvgIpc) is 2.96. The molecule has 39 heavy (non-hydrogen) atoms. The van der Waals surface area contributed by atoms with E-state index in [1.807, 2.05) is 61.7 Å². The number of carboxylic acid groups (broad SMARTS) is 1. The van der Waals surface area contributed by atoms with Gasteiger partial charge in [0.2, 0.25) is 0 Å². The van der Waals surface area contributed by atoms with Crippen LogP contribution >= 0.6 is 11.8 Å². The van der Waals surface area contributed by atoms with Gasteiger partial charge >= 0.3 is 5.97 Å². The summed E-state index contributed by atoms with van der Waals surface area (Å²) in [4.78, 5) is 25.3. The predicted octanol–water partition coefficient (Wildman–Crippen LogP) is 7.17. The van der Waals surface area contributed by atoms with Crippen molar-refractivity contribution in [2.24, 2.45) is 0 Å². The summed E-state index contributed by atoms with van der Waals surface area (Å²) in [6.07, 6.45) is 4.02. The molecule has 1 amide bonds. The Balaban J connectivity index is 1.70. The molecule has 200 valence electrons. The van der Waals surface area contributed by atoms with E-state index in [4.69, 9.17) is 0 Å². The second-order valence-corrected chi connectivity index (χ2v) is 10.8. The number of aliphatic carboxylic acids is 1. The lowest BCUT2D eigenvalue weighted by molar-refractivity contribution is -0.139.